The summed E-state index contributed by atoms with van der Waals surface area (Å²) in [5.41, 5.74) is 3.73. The molecule has 0 amide bonds. The summed E-state index contributed by atoms with van der Waals surface area (Å²) in [7, 11) is 0. The van der Waals surface area contributed by atoms with Gasteiger partial charge in [0.15, 0.2) is 0 Å². The van der Waals surface area contributed by atoms with Gasteiger partial charge in [-0.3, -0.25) is 0 Å². The molecule has 122 valence electrons. The summed E-state index contributed by atoms with van der Waals surface area (Å²) >= 11 is 0. The molecule has 0 aliphatic rings. The summed E-state index contributed by atoms with van der Waals surface area (Å²) in [6.45, 7) is 0.306. The Morgan fingerprint density at radius 2 is 1.64 bits per heavy atom. The zero-order valence-corrected chi connectivity index (χ0v) is 13.5. The standard InChI is InChI=1S/C22H16O3/c1-2-16-8-10-18(11-9-16)19-12-13-20(22(23)24)21(14-19)25-15-17-6-4-3-5-7-17/h1,3-14H,15H2,(H,23,24). The Balaban J connectivity index is 1.91. The molecule has 3 rings (SSSR count). The molecule has 0 spiro atoms. The van der Waals surface area contributed by atoms with E-state index >= 15 is 0 Å². The van der Waals surface area contributed by atoms with Crippen LogP contribution in [0.3, 0.4) is 0 Å². The number of benzene rings is 3. The van der Waals surface area contributed by atoms with E-state index in [1.54, 1.807) is 18.2 Å². The lowest BCUT2D eigenvalue weighted by Gasteiger charge is -2.12. The van der Waals surface area contributed by atoms with Crippen LogP contribution in [0.15, 0.2) is 72.8 Å². The Morgan fingerprint density at radius 1 is 0.960 bits per heavy atom. The molecular formula is C22H16O3. The third-order valence-corrected chi connectivity index (χ3v) is 3.83. The lowest BCUT2D eigenvalue weighted by atomic mass is 10.0. The normalized spacial score (nSPS) is 10.0. The van der Waals surface area contributed by atoms with Crippen molar-refractivity contribution >= 4 is 5.97 Å². The molecule has 0 atom stereocenters. The Bertz CT molecular complexity index is 920. The minimum Gasteiger partial charge on any atom is -0.488 e. The fourth-order valence-electron chi connectivity index (χ4n) is 2.49. The number of rotatable bonds is 5. The van der Waals surface area contributed by atoms with E-state index in [4.69, 9.17) is 11.2 Å². The van der Waals surface area contributed by atoms with Gasteiger partial charge in [-0.25, -0.2) is 4.79 Å². The highest BCUT2D eigenvalue weighted by atomic mass is 16.5. The van der Waals surface area contributed by atoms with Crippen molar-refractivity contribution in [3.05, 3.63) is 89.5 Å². The summed E-state index contributed by atoms with van der Waals surface area (Å²) in [4.78, 5) is 11.5. The average molecular weight is 328 g/mol. The lowest BCUT2D eigenvalue weighted by Crippen LogP contribution is -2.03. The average Bonchev–Trinajstić information content (AvgIpc) is 2.67. The number of hydrogen-bond donors (Lipinski definition) is 1. The number of carbonyl (C=O) groups is 1. The third-order valence-electron chi connectivity index (χ3n) is 3.83. The van der Waals surface area contributed by atoms with Crippen LogP contribution in [-0.4, -0.2) is 11.1 Å². The summed E-state index contributed by atoms with van der Waals surface area (Å²) in [6, 6.07) is 22.2. The van der Waals surface area contributed by atoms with Gasteiger partial charge in [0.2, 0.25) is 0 Å². The van der Waals surface area contributed by atoms with Gasteiger partial charge in [0.25, 0.3) is 0 Å². The van der Waals surface area contributed by atoms with Gasteiger partial charge in [-0.05, 0) is 41.0 Å². The van der Waals surface area contributed by atoms with Gasteiger partial charge in [0.05, 0.1) is 0 Å². The fraction of sp³-hybridized carbons (Fsp3) is 0.0455. The minimum atomic E-state index is -1.02. The van der Waals surface area contributed by atoms with Gasteiger partial charge >= 0.3 is 5.97 Å². The van der Waals surface area contributed by atoms with E-state index in [0.29, 0.717) is 12.4 Å². The van der Waals surface area contributed by atoms with Crippen LogP contribution in [0.2, 0.25) is 0 Å². The van der Waals surface area contributed by atoms with Crippen LogP contribution in [0.5, 0.6) is 5.75 Å². The lowest BCUT2D eigenvalue weighted by molar-refractivity contribution is 0.0692. The van der Waals surface area contributed by atoms with E-state index in [9.17, 15) is 9.90 Å². The largest absolute Gasteiger partial charge is 0.488 e. The van der Waals surface area contributed by atoms with Crippen molar-refractivity contribution in [2.75, 3.05) is 0 Å². The van der Waals surface area contributed by atoms with Gasteiger partial charge in [0.1, 0.15) is 17.9 Å². The maximum Gasteiger partial charge on any atom is 0.339 e. The molecule has 3 nitrogen and oxygen atoms in total. The predicted octanol–water partition coefficient (Wildman–Crippen LogP) is 4.61. The fourth-order valence-corrected chi connectivity index (χ4v) is 2.49. The summed E-state index contributed by atoms with van der Waals surface area (Å²) in [5.74, 6) is 1.90. The molecule has 3 heteroatoms. The van der Waals surface area contributed by atoms with E-state index in [0.717, 1.165) is 22.3 Å². The number of ether oxygens (including phenoxy) is 1. The van der Waals surface area contributed by atoms with Crippen molar-refractivity contribution < 1.29 is 14.6 Å². The molecule has 1 N–H and O–H groups in total. The highest BCUT2D eigenvalue weighted by Gasteiger charge is 2.13. The second-order valence-electron chi connectivity index (χ2n) is 5.51. The molecule has 3 aromatic carbocycles. The summed E-state index contributed by atoms with van der Waals surface area (Å²) in [5, 5.41) is 9.39. The molecule has 0 aliphatic heterocycles. The van der Waals surface area contributed by atoms with Crippen molar-refractivity contribution in [3.8, 4) is 29.2 Å². The molecule has 0 bridgehead atoms. The molecule has 0 aliphatic carbocycles. The highest BCUT2D eigenvalue weighted by Crippen LogP contribution is 2.28. The van der Waals surface area contributed by atoms with Gasteiger partial charge in [-0.15, -0.1) is 6.42 Å². The number of terminal acetylenes is 1. The zero-order valence-electron chi connectivity index (χ0n) is 13.5. The third kappa shape index (κ3) is 3.88. The Hall–Kier alpha value is -3.51. The monoisotopic (exact) mass is 328 g/mol. The molecule has 0 aromatic heterocycles. The van der Waals surface area contributed by atoms with Crippen LogP contribution in [-0.2, 0) is 6.61 Å². The van der Waals surface area contributed by atoms with E-state index in [-0.39, 0.29) is 5.56 Å². The first-order chi connectivity index (χ1) is 12.2. The second kappa shape index (κ2) is 7.37. The zero-order chi connectivity index (χ0) is 17.6. The Labute approximate surface area is 146 Å². The van der Waals surface area contributed by atoms with Crippen LogP contribution in [0.25, 0.3) is 11.1 Å². The second-order valence-corrected chi connectivity index (χ2v) is 5.51. The molecule has 0 unspecified atom stereocenters. The Morgan fingerprint density at radius 3 is 2.28 bits per heavy atom. The molecule has 0 saturated heterocycles. The number of carboxylic acid groups (broad SMARTS) is 1. The van der Waals surface area contributed by atoms with Crippen LogP contribution in [0, 0.1) is 12.3 Å². The van der Waals surface area contributed by atoms with Crippen molar-refractivity contribution in [1.82, 2.24) is 0 Å². The van der Waals surface area contributed by atoms with Crippen molar-refractivity contribution in [2.45, 2.75) is 6.61 Å². The molecule has 3 aromatic rings. The van der Waals surface area contributed by atoms with Gasteiger partial charge < -0.3 is 9.84 Å². The van der Waals surface area contributed by atoms with E-state index < -0.39 is 5.97 Å². The molecular weight excluding hydrogens is 312 g/mol. The van der Waals surface area contributed by atoms with Gasteiger partial charge in [-0.1, -0.05) is 54.5 Å². The molecule has 0 fully saturated rings. The van der Waals surface area contributed by atoms with Crippen molar-refractivity contribution in [2.24, 2.45) is 0 Å². The SMILES string of the molecule is C#Cc1ccc(-c2ccc(C(=O)O)c(OCc3ccccc3)c2)cc1. The maximum atomic E-state index is 11.5. The molecule has 0 saturated carbocycles. The van der Waals surface area contributed by atoms with E-state index in [1.807, 2.05) is 54.6 Å². The van der Waals surface area contributed by atoms with E-state index in [2.05, 4.69) is 5.92 Å². The van der Waals surface area contributed by atoms with Crippen molar-refractivity contribution in [1.29, 1.82) is 0 Å². The van der Waals surface area contributed by atoms with Crippen LogP contribution < -0.4 is 4.74 Å². The number of carboxylic acids is 1. The predicted molar refractivity (Wildman–Crippen MR) is 97.5 cm³/mol. The number of hydrogen-bond acceptors (Lipinski definition) is 2. The molecule has 0 radical (unpaired) electrons. The van der Waals surface area contributed by atoms with Crippen LogP contribution in [0.1, 0.15) is 21.5 Å². The highest BCUT2D eigenvalue weighted by molar-refractivity contribution is 5.92. The summed E-state index contributed by atoms with van der Waals surface area (Å²) in [6.07, 6.45) is 5.38. The van der Waals surface area contributed by atoms with Gasteiger partial charge in [0, 0.05) is 5.56 Å². The minimum absolute atomic E-state index is 0.139. The topological polar surface area (TPSA) is 46.5 Å². The molecule has 0 heterocycles. The van der Waals surface area contributed by atoms with Gasteiger partial charge in [-0.2, -0.15) is 0 Å². The van der Waals surface area contributed by atoms with Crippen LogP contribution in [0.4, 0.5) is 0 Å². The van der Waals surface area contributed by atoms with Crippen molar-refractivity contribution in [3.63, 3.8) is 0 Å². The quantitative estimate of drug-likeness (QED) is 0.696. The number of aromatic carboxylic acids is 1. The van der Waals surface area contributed by atoms with Crippen LogP contribution >= 0.6 is 0 Å². The molecule has 25 heavy (non-hydrogen) atoms. The first-order valence-electron chi connectivity index (χ1n) is 7.78. The Kier molecular flexibility index (Phi) is 4.82. The van der Waals surface area contributed by atoms with E-state index in [1.165, 1.54) is 0 Å². The smallest absolute Gasteiger partial charge is 0.339 e. The first-order valence-corrected chi connectivity index (χ1v) is 7.78. The summed E-state index contributed by atoms with van der Waals surface area (Å²) < 4.78 is 5.78. The maximum absolute atomic E-state index is 11.5. The first kappa shape index (κ1) is 16.4.